The fourth-order valence-corrected chi connectivity index (χ4v) is 2.67. The zero-order valence-electron chi connectivity index (χ0n) is 11.3. The standard InChI is InChI=1S/C14H20ClNO2/c1-9-10(2)18-11(3)13(9)14(17)16(8-7-15)12-5-4-6-12/h12H,4-8H2,1-3H3. The van der Waals surface area contributed by atoms with Crippen LogP contribution in [0.15, 0.2) is 4.42 Å². The van der Waals surface area contributed by atoms with E-state index in [-0.39, 0.29) is 5.91 Å². The normalized spacial score (nSPS) is 15.6. The van der Waals surface area contributed by atoms with E-state index in [9.17, 15) is 4.79 Å². The Morgan fingerprint density at radius 1 is 1.33 bits per heavy atom. The lowest BCUT2D eigenvalue weighted by atomic mass is 9.90. The second-order valence-corrected chi connectivity index (χ2v) is 5.36. The zero-order chi connectivity index (χ0) is 13.3. The zero-order valence-corrected chi connectivity index (χ0v) is 12.0. The number of hydrogen-bond acceptors (Lipinski definition) is 2. The van der Waals surface area contributed by atoms with Crippen molar-refractivity contribution in [3.05, 3.63) is 22.6 Å². The van der Waals surface area contributed by atoms with Crippen molar-refractivity contribution in [2.45, 2.75) is 46.1 Å². The van der Waals surface area contributed by atoms with E-state index in [1.807, 2.05) is 25.7 Å². The molecule has 1 amide bonds. The van der Waals surface area contributed by atoms with Gasteiger partial charge in [-0.15, -0.1) is 11.6 Å². The third kappa shape index (κ3) is 2.28. The van der Waals surface area contributed by atoms with Crippen LogP contribution < -0.4 is 0 Å². The molecule has 0 unspecified atom stereocenters. The van der Waals surface area contributed by atoms with Gasteiger partial charge in [0.1, 0.15) is 11.5 Å². The van der Waals surface area contributed by atoms with Crippen molar-refractivity contribution in [2.75, 3.05) is 12.4 Å². The van der Waals surface area contributed by atoms with Crippen LogP contribution in [0.25, 0.3) is 0 Å². The quantitative estimate of drug-likeness (QED) is 0.785. The third-order valence-electron chi connectivity index (χ3n) is 3.88. The monoisotopic (exact) mass is 269 g/mol. The molecule has 1 saturated carbocycles. The van der Waals surface area contributed by atoms with Crippen molar-refractivity contribution >= 4 is 17.5 Å². The summed E-state index contributed by atoms with van der Waals surface area (Å²) < 4.78 is 5.55. The predicted molar refractivity (Wildman–Crippen MR) is 72.3 cm³/mol. The van der Waals surface area contributed by atoms with Crippen LogP contribution in [0.1, 0.15) is 46.7 Å². The largest absolute Gasteiger partial charge is 0.466 e. The maximum absolute atomic E-state index is 12.6. The molecule has 1 aromatic rings. The van der Waals surface area contributed by atoms with Gasteiger partial charge in [-0.2, -0.15) is 0 Å². The number of aryl methyl sites for hydroxylation is 2. The molecule has 0 radical (unpaired) electrons. The van der Waals surface area contributed by atoms with Crippen LogP contribution in [0, 0.1) is 20.8 Å². The van der Waals surface area contributed by atoms with Crippen molar-refractivity contribution in [2.24, 2.45) is 0 Å². The van der Waals surface area contributed by atoms with Crippen molar-refractivity contribution < 1.29 is 9.21 Å². The summed E-state index contributed by atoms with van der Waals surface area (Å²) in [5, 5.41) is 0. The van der Waals surface area contributed by atoms with Gasteiger partial charge in [-0.1, -0.05) is 0 Å². The summed E-state index contributed by atoms with van der Waals surface area (Å²) >= 11 is 5.82. The van der Waals surface area contributed by atoms with E-state index in [1.165, 1.54) is 6.42 Å². The molecule has 1 aliphatic carbocycles. The van der Waals surface area contributed by atoms with E-state index >= 15 is 0 Å². The van der Waals surface area contributed by atoms with Crippen LogP contribution in [0.3, 0.4) is 0 Å². The second-order valence-electron chi connectivity index (χ2n) is 4.99. The van der Waals surface area contributed by atoms with E-state index in [0.717, 1.165) is 29.7 Å². The Bertz CT molecular complexity index is 449. The molecule has 0 aromatic carbocycles. The topological polar surface area (TPSA) is 33.5 Å². The predicted octanol–water partition coefficient (Wildman–Crippen LogP) is 3.44. The molecule has 0 aliphatic heterocycles. The highest BCUT2D eigenvalue weighted by atomic mass is 35.5. The molecule has 4 heteroatoms. The van der Waals surface area contributed by atoms with Gasteiger partial charge in [0.2, 0.25) is 0 Å². The highest BCUT2D eigenvalue weighted by Gasteiger charge is 2.31. The first-order chi connectivity index (χ1) is 8.56. The van der Waals surface area contributed by atoms with E-state index in [0.29, 0.717) is 24.2 Å². The Morgan fingerprint density at radius 3 is 2.39 bits per heavy atom. The number of hydrogen-bond donors (Lipinski definition) is 0. The summed E-state index contributed by atoms with van der Waals surface area (Å²) in [6.07, 6.45) is 3.40. The van der Waals surface area contributed by atoms with Crippen molar-refractivity contribution in [3.63, 3.8) is 0 Å². The molecule has 3 nitrogen and oxygen atoms in total. The molecule has 1 aromatic heterocycles. The van der Waals surface area contributed by atoms with Crippen LogP contribution >= 0.6 is 11.6 Å². The fraction of sp³-hybridized carbons (Fsp3) is 0.643. The van der Waals surface area contributed by atoms with Crippen LogP contribution in [-0.4, -0.2) is 29.3 Å². The third-order valence-corrected chi connectivity index (χ3v) is 4.05. The van der Waals surface area contributed by atoms with Crippen molar-refractivity contribution in [1.29, 1.82) is 0 Å². The van der Waals surface area contributed by atoms with Gasteiger partial charge in [0, 0.05) is 24.0 Å². The minimum atomic E-state index is 0.0761. The number of halogens is 1. The molecule has 100 valence electrons. The first-order valence-corrected chi connectivity index (χ1v) is 7.03. The van der Waals surface area contributed by atoms with Gasteiger partial charge in [0.25, 0.3) is 5.91 Å². The summed E-state index contributed by atoms with van der Waals surface area (Å²) in [6.45, 7) is 6.31. The molecule has 0 saturated heterocycles. The number of carbonyl (C=O) groups is 1. The minimum absolute atomic E-state index is 0.0761. The average molecular weight is 270 g/mol. The van der Waals surface area contributed by atoms with Gasteiger partial charge < -0.3 is 9.32 Å². The van der Waals surface area contributed by atoms with Gasteiger partial charge in [-0.3, -0.25) is 4.79 Å². The van der Waals surface area contributed by atoms with Gasteiger partial charge >= 0.3 is 0 Å². The minimum Gasteiger partial charge on any atom is -0.466 e. The molecule has 0 N–H and O–H groups in total. The number of furan rings is 1. The summed E-state index contributed by atoms with van der Waals surface area (Å²) in [6, 6.07) is 0.366. The second kappa shape index (κ2) is 5.35. The summed E-state index contributed by atoms with van der Waals surface area (Å²) in [4.78, 5) is 14.5. The summed E-state index contributed by atoms with van der Waals surface area (Å²) in [5.74, 6) is 2.10. The average Bonchev–Trinajstić information content (AvgIpc) is 2.49. The SMILES string of the molecule is Cc1oc(C)c(C(=O)N(CCCl)C2CCC2)c1C. The number of amides is 1. The van der Waals surface area contributed by atoms with Gasteiger partial charge in [0.05, 0.1) is 5.56 Å². The highest BCUT2D eigenvalue weighted by molar-refractivity contribution is 6.18. The van der Waals surface area contributed by atoms with Crippen molar-refractivity contribution in [1.82, 2.24) is 4.90 Å². The molecule has 0 atom stereocenters. The maximum Gasteiger partial charge on any atom is 0.257 e. The Balaban J connectivity index is 2.26. The lowest BCUT2D eigenvalue weighted by Gasteiger charge is -2.37. The fourth-order valence-electron chi connectivity index (χ4n) is 2.49. The number of rotatable bonds is 4. The molecule has 0 spiro atoms. The number of carbonyl (C=O) groups excluding carboxylic acids is 1. The molecule has 1 fully saturated rings. The van der Waals surface area contributed by atoms with Gasteiger partial charge in [-0.05, 0) is 40.0 Å². The van der Waals surface area contributed by atoms with Crippen LogP contribution in [-0.2, 0) is 0 Å². The number of nitrogens with zero attached hydrogens (tertiary/aromatic N) is 1. The van der Waals surface area contributed by atoms with Crippen LogP contribution in [0.5, 0.6) is 0 Å². The maximum atomic E-state index is 12.6. The smallest absolute Gasteiger partial charge is 0.257 e. The Labute approximate surface area is 113 Å². The lowest BCUT2D eigenvalue weighted by molar-refractivity contribution is 0.0595. The molecule has 1 heterocycles. The van der Waals surface area contributed by atoms with E-state index < -0.39 is 0 Å². The molecule has 2 rings (SSSR count). The van der Waals surface area contributed by atoms with Gasteiger partial charge in [0.15, 0.2) is 0 Å². The summed E-state index contributed by atoms with van der Waals surface area (Å²) in [5.41, 5.74) is 1.68. The van der Waals surface area contributed by atoms with Gasteiger partial charge in [-0.25, -0.2) is 0 Å². The molecule has 1 aliphatic rings. The van der Waals surface area contributed by atoms with Crippen molar-refractivity contribution in [3.8, 4) is 0 Å². The molecule has 18 heavy (non-hydrogen) atoms. The first-order valence-electron chi connectivity index (χ1n) is 6.49. The molecular weight excluding hydrogens is 250 g/mol. The Hall–Kier alpha value is -0.960. The van der Waals surface area contributed by atoms with Crippen LogP contribution in [0.4, 0.5) is 0 Å². The summed E-state index contributed by atoms with van der Waals surface area (Å²) in [7, 11) is 0. The number of alkyl halides is 1. The molecular formula is C14H20ClNO2. The van der Waals surface area contributed by atoms with E-state index in [4.69, 9.17) is 16.0 Å². The first kappa shape index (κ1) is 13.5. The Morgan fingerprint density at radius 2 is 2.00 bits per heavy atom. The lowest BCUT2D eigenvalue weighted by Crippen LogP contribution is -2.45. The highest BCUT2D eigenvalue weighted by Crippen LogP contribution is 2.29. The van der Waals surface area contributed by atoms with E-state index in [2.05, 4.69) is 0 Å². The van der Waals surface area contributed by atoms with Crippen LogP contribution in [0.2, 0.25) is 0 Å². The molecule has 0 bridgehead atoms. The van der Waals surface area contributed by atoms with E-state index in [1.54, 1.807) is 0 Å². The Kier molecular flexibility index (Phi) is 4.00.